The molecule has 1 nitrogen and oxygen atoms in total. The summed E-state index contributed by atoms with van der Waals surface area (Å²) >= 11 is 0. The highest BCUT2D eigenvalue weighted by atomic mass is 14.9. The molecule has 1 atom stereocenters. The van der Waals surface area contributed by atoms with Gasteiger partial charge < -0.3 is 5.32 Å². The van der Waals surface area contributed by atoms with Crippen molar-refractivity contribution < 1.29 is 0 Å². The Balaban J connectivity index is 3.79. The van der Waals surface area contributed by atoms with Gasteiger partial charge in [-0.25, -0.2) is 0 Å². The minimum absolute atomic E-state index is 0.459. The molecule has 80 valence electrons. The first-order valence-electron chi connectivity index (χ1n) is 5.73. The molecule has 1 unspecified atom stereocenters. The molecule has 13 heavy (non-hydrogen) atoms. The van der Waals surface area contributed by atoms with Crippen LogP contribution in [0.5, 0.6) is 0 Å². The lowest BCUT2D eigenvalue weighted by molar-refractivity contribution is 0.297. The van der Waals surface area contributed by atoms with Gasteiger partial charge in [-0.15, -0.1) is 0 Å². The highest BCUT2D eigenvalue weighted by Gasteiger charge is 2.16. The van der Waals surface area contributed by atoms with E-state index in [9.17, 15) is 0 Å². The van der Waals surface area contributed by atoms with Crippen LogP contribution in [0.1, 0.15) is 60.3 Å². The molecule has 0 aliphatic rings. The fourth-order valence-electron chi connectivity index (χ4n) is 1.71. The first kappa shape index (κ1) is 13.0. The third-order valence-corrected chi connectivity index (χ3v) is 2.18. The van der Waals surface area contributed by atoms with Crippen molar-refractivity contribution in [1.82, 2.24) is 5.32 Å². The van der Waals surface area contributed by atoms with Crippen LogP contribution in [0.15, 0.2) is 0 Å². The molecule has 0 aliphatic heterocycles. The largest absolute Gasteiger partial charge is 0.314 e. The Morgan fingerprint density at radius 2 is 1.69 bits per heavy atom. The van der Waals surface area contributed by atoms with Crippen LogP contribution in [0.4, 0.5) is 0 Å². The third kappa shape index (κ3) is 8.29. The summed E-state index contributed by atoms with van der Waals surface area (Å²) in [7, 11) is 0. The smallest absolute Gasteiger partial charge is 0.00719 e. The second kappa shape index (κ2) is 6.42. The Kier molecular flexibility index (Phi) is 6.40. The normalized spacial score (nSPS) is 14.5. The topological polar surface area (TPSA) is 12.0 Å². The fraction of sp³-hybridized carbons (Fsp3) is 1.00. The average molecular weight is 185 g/mol. The summed E-state index contributed by atoms with van der Waals surface area (Å²) in [5, 5.41) is 3.63. The molecule has 0 heterocycles. The molecule has 0 aromatic carbocycles. The van der Waals surface area contributed by atoms with Crippen molar-refractivity contribution in [2.45, 2.75) is 66.3 Å². The van der Waals surface area contributed by atoms with Crippen molar-refractivity contribution in [3.63, 3.8) is 0 Å². The first-order chi connectivity index (χ1) is 5.99. The Labute approximate surface area is 84.3 Å². The molecule has 0 fully saturated rings. The second-order valence-electron chi connectivity index (χ2n) is 5.20. The SMILES string of the molecule is CCCNC(CCC)CC(C)(C)C. The van der Waals surface area contributed by atoms with E-state index in [4.69, 9.17) is 0 Å². The Hall–Kier alpha value is -0.0400. The van der Waals surface area contributed by atoms with Crippen molar-refractivity contribution in [3.05, 3.63) is 0 Å². The molecular weight excluding hydrogens is 158 g/mol. The quantitative estimate of drug-likeness (QED) is 0.667. The van der Waals surface area contributed by atoms with Crippen LogP contribution in [0, 0.1) is 5.41 Å². The van der Waals surface area contributed by atoms with E-state index in [1.807, 2.05) is 0 Å². The molecule has 0 aliphatic carbocycles. The zero-order valence-electron chi connectivity index (χ0n) is 10.1. The minimum Gasteiger partial charge on any atom is -0.314 e. The Morgan fingerprint density at radius 1 is 1.08 bits per heavy atom. The van der Waals surface area contributed by atoms with Crippen molar-refractivity contribution in [1.29, 1.82) is 0 Å². The van der Waals surface area contributed by atoms with E-state index < -0.39 is 0 Å². The number of hydrogen-bond donors (Lipinski definition) is 1. The van der Waals surface area contributed by atoms with Gasteiger partial charge >= 0.3 is 0 Å². The molecule has 0 saturated carbocycles. The fourth-order valence-corrected chi connectivity index (χ4v) is 1.71. The molecule has 0 aromatic heterocycles. The molecule has 0 saturated heterocycles. The monoisotopic (exact) mass is 185 g/mol. The number of rotatable bonds is 6. The maximum absolute atomic E-state index is 3.63. The van der Waals surface area contributed by atoms with Crippen molar-refractivity contribution in [2.24, 2.45) is 5.41 Å². The third-order valence-electron chi connectivity index (χ3n) is 2.18. The summed E-state index contributed by atoms with van der Waals surface area (Å²) in [5.41, 5.74) is 0.459. The summed E-state index contributed by atoms with van der Waals surface area (Å²) in [6, 6.07) is 0.727. The van der Waals surface area contributed by atoms with Gasteiger partial charge in [-0.2, -0.15) is 0 Å². The average Bonchev–Trinajstić information content (AvgIpc) is 1.98. The van der Waals surface area contributed by atoms with Gasteiger partial charge in [0.2, 0.25) is 0 Å². The summed E-state index contributed by atoms with van der Waals surface area (Å²) in [6.45, 7) is 12.6. The Bertz CT molecular complexity index is 113. The van der Waals surface area contributed by atoms with E-state index in [1.54, 1.807) is 0 Å². The maximum Gasteiger partial charge on any atom is 0.00719 e. The molecule has 1 heteroatoms. The van der Waals surface area contributed by atoms with Gasteiger partial charge in [-0.1, -0.05) is 41.0 Å². The van der Waals surface area contributed by atoms with Crippen LogP contribution < -0.4 is 5.32 Å². The highest BCUT2D eigenvalue weighted by Crippen LogP contribution is 2.22. The van der Waals surface area contributed by atoms with Crippen LogP contribution in [0.3, 0.4) is 0 Å². The zero-order valence-corrected chi connectivity index (χ0v) is 10.1. The Morgan fingerprint density at radius 3 is 2.08 bits per heavy atom. The lowest BCUT2D eigenvalue weighted by Gasteiger charge is -2.26. The summed E-state index contributed by atoms with van der Waals surface area (Å²) in [4.78, 5) is 0. The predicted octanol–water partition coefficient (Wildman–Crippen LogP) is 3.59. The van der Waals surface area contributed by atoms with Crippen LogP contribution in [-0.2, 0) is 0 Å². The molecule has 0 radical (unpaired) electrons. The van der Waals surface area contributed by atoms with Crippen molar-refractivity contribution in [3.8, 4) is 0 Å². The summed E-state index contributed by atoms with van der Waals surface area (Å²) in [5.74, 6) is 0. The lowest BCUT2D eigenvalue weighted by Crippen LogP contribution is -2.33. The van der Waals surface area contributed by atoms with Gasteiger partial charge in [-0.3, -0.25) is 0 Å². The van der Waals surface area contributed by atoms with E-state index in [-0.39, 0.29) is 0 Å². The summed E-state index contributed by atoms with van der Waals surface area (Å²) < 4.78 is 0. The number of nitrogens with one attached hydrogen (secondary N) is 1. The van der Waals surface area contributed by atoms with Crippen LogP contribution >= 0.6 is 0 Å². The van der Waals surface area contributed by atoms with Gasteiger partial charge in [-0.05, 0) is 31.2 Å². The molecule has 0 spiro atoms. The second-order valence-corrected chi connectivity index (χ2v) is 5.20. The van der Waals surface area contributed by atoms with E-state index in [2.05, 4.69) is 39.9 Å². The van der Waals surface area contributed by atoms with Crippen LogP contribution in [0.25, 0.3) is 0 Å². The molecule has 0 bridgehead atoms. The standard InChI is InChI=1S/C12H27N/c1-6-8-11(13-9-7-2)10-12(3,4)5/h11,13H,6-10H2,1-5H3. The predicted molar refractivity (Wildman–Crippen MR) is 61.1 cm³/mol. The molecule has 1 N–H and O–H groups in total. The van der Waals surface area contributed by atoms with Gasteiger partial charge in [0, 0.05) is 6.04 Å². The first-order valence-corrected chi connectivity index (χ1v) is 5.73. The van der Waals surface area contributed by atoms with Gasteiger partial charge in [0.05, 0.1) is 0 Å². The van der Waals surface area contributed by atoms with E-state index in [0.29, 0.717) is 5.41 Å². The van der Waals surface area contributed by atoms with Crippen molar-refractivity contribution in [2.75, 3.05) is 6.54 Å². The maximum atomic E-state index is 3.63. The molecule has 0 amide bonds. The van der Waals surface area contributed by atoms with Crippen LogP contribution in [0.2, 0.25) is 0 Å². The highest BCUT2D eigenvalue weighted by molar-refractivity contribution is 4.74. The van der Waals surface area contributed by atoms with E-state index in [0.717, 1.165) is 6.04 Å². The number of hydrogen-bond acceptors (Lipinski definition) is 1. The van der Waals surface area contributed by atoms with E-state index >= 15 is 0 Å². The minimum atomic E-state index is 0.459. The summed E-state index contributed by atoms with van der Waals surface area (Å²) in [6.07, 6.45) is 5.14. The molecular formula is C12H27N. The van der Waals surface area contributed by atoms with Gasteiger partial charge in [0.25, 0.3) is 0 Å². The lowest BCUT2D eigenvalue weighted by atomic mass is 9.86. The van der Waals surface area contributed by atoms with Gasteiger partial charge in [0.15, 0.2) is 0 Å². The van der Waals surface area contributed by atoms with Crippen molar-refractivity contribution >= 4 is 0 Å². The molecule has 0 rings (SSSR count). The zero-order chi connectivity index (χ0) is 10.3. The van der Waals surface area contributed by atoms with Gasteiger partial charge in [0.1, 0.15) is 0 Å². The molecule has 0 aromatic rings. The van der Waals surface area contributed by atoms with Crippen LogP contribution in [-0.4, -0.2) is 12.6 Å². The van der Waals surface area contributed by atoms with E-state index in [1.165, 1.54) is 32.2 Å².